The number of carbonyl (C=O) groups excluding carboxylic acids is 1. The average Bonchev–Trinajstić information content (AvgIpc) is 3.05. The van der Waals surface area contributed by atoms with E-state index < -0.39 is 0 Å². The molecule has 3 aromatic rings. The number of ether oxygens (including phenoxy) is 1. The maximum atomic E-state index is 12.2. The first-order valence-electron chi connectivity index (χ1n) is 7.61. The second-order valence-corrected chi connectivity index (χ2v) is 5.45. The quantitative estimate of drug-likeness (QED) is 0.775. The standard InChI is InChI=1S/C19H18N2O3/c1-13-5-3-4-6-17(13)20-19(22)12-15-11-18(24-21-15)14-7-9-16(23-2)10-8-14/h3-11H,12H2,1-2H3,(H,20,22). The fraction of sp³-hybridized carbons (Fsp3) is 0.158. The number of anilines is 1. The van der Waals surface area contributed by atoms with Crippen LogP contribution in [0.1, 0.15) is 11.3 Å². The molecule has 0 radical (unpaired) electrons. The number of benzene rings is 2. The number of hydrogen-bond donors (Lipinski definition) is 1. The molecule has 0 saturated heterocycles. The molecule has 1 N–H and O–H groups in total. The Balaban J connectivity index is 1.67. The molecule has 0 aliphatic rings. The van der Waals surface area contributed by atoms with Crippen molar-refractivity contribution < 1.29 is 14.1 Å². The maximum absolute atomic E-state index is 12.2. The first-order chi connectivity index (χ1) is 11.7. The summed E-state index contributed by atoms with van der Waals surface area (Å²) in [5, 5.41) is 6.86. The van der Waals surface area contributed by atoms with E-state index in [0.29, 0.717) is 11.5 Å². The van der Waals surface area contributed by atoms with Crippen molar-refractivity contribution >= 4 is 11.6 Å². The highest BCUT2D eigenvalue weighted by molar-refractivity contribution is 5.92. The van der Waals surface area contributed by atoms with Gasteiger partial charge in [0.2, 0.25) is 5.91 Å². The Bertz CT molecular complexity index is 838. The second kappa shape index (κ2) is 7.00. The highest BCUT2D eigenvalue weighted by atomic mass is 16.5. The molecule has 24 heavy (non-hydrogen) atoms. The number of carbonyl (C=O) groups is 1. The van der Waals surface area contributed by atoms with Crippen molar-refractivity contribution in [3.05, 3.63) is 65.9 Å². The van der Waals surface area contributed by atoms with E-state index >= 15 is 0 Å². The van der Waals surface area contributed by atoms with Crippen LogP contribution < -0.4 is 10.1 Å². The van der Waals surface area contributed by atoms with Crippen LogP contribution in [0.5, 0.6) is 5.75 Å². The number of methoxy groups -OCH3 is 1. The van der Waals surface area contributed by atoms with E-state index in [-0.39, 0.29) is 12.3 Å². The number of nitrogens with zero attached hydrogens (tertiary/aromatic N) is 1. The lowest BCUT2D eigenvalue weighted by atomic mass is 10.1. The smallest absolute Gasteiger partial charge is 0.230 e. The van der Waals surface area contributed by atoms with Gasteiger partial charge in [-0.1, -0.05) is 23.4 Å². The minimum absolute atomic E-state index is 0.126. The lowest BCUT2D eigenvalue weighted by Gasteiger charge is -2.06. The summed E-state index contributed by atoms with van der Waals surface area (Å²) in [6.07, 6.45) is 0.161. The van der Waals surface area contributed by atoms with Crippen LogP contribution in [-0.2, 0) is 11.2 Å². The SMILES string of the molecule is COc1ccc(-c2cc(CC(=O)Nc3ccccc3C)no2)cc1. The number of rotatable bonds is 5. The largest absolute Gasteiger partial charge is 0.497 e. The van der Waals surface area contributed by atoms with Crippen molar-refractivity contribution in [1.82, 2.24) is 5.16 Å². The van der Waals surface area contributed by atoms with Gasteiger partial charge in [-0.2, -0.15) is 0 Å². The molecular weight excluding hydrogens is 304 g/mol. The number of aromatic nitrogens is 1. The molecule has 122 valence electrons. The van der Waals surface area contributed by atoms with E-state index in [1.54, 1.807) is 13.2 Å². The van der Waals surface area contributed by atoms with Gasteiger partial charge >= 0.3 is 0 Å². The highest BCUT2D eigenvalue weighted by Crippen LogP contribution is 2.23. The number of nitrogens with one attached hydrogen (secondary N) is 1. The van der Waals surface area contributed by atoms with Crippen molar-refractivity contribution in [2.24, 2.45) is 0 Å². The zero-order valence-electron chi connectivity index (χ0n) is 13.6. The molecule has 0 atom stereocenters. The van der Waals surface area contributed by atoms with Crippen LogP contribution in [0, 0.1) is 6.92 Å². The predicted octanol–water partition coefficient (Wildman–Crippen LogP) is 3.84. The van der Waals surface area contributed by atoms with E-state index in [2.05, 4.69) is 10.5 Å². The third-order valence-corrected chi connectivity index (χ3v) is 3.69. The second-order valence-electron chi connectivity index (χ2n) is 5.45. The Labute approximate surface area is 140 Å². The van der Waals surface area contributed by atoms with Crippen molar-refractivity contribution in [1.29, 1.82) is 0 Å². The molecule has 1 aromatic heterocycles. The average molecular weight is 322 g/mol. The van der Waals surface area contributed by atoms with Crippen LogP contribution in [0.15, 0.2) is 59.1 Å². The van der Waals surface area contributed by atoms with E-state index in [1.807, 2.05) is 55.5 Å². The summed E-state index contributed by atoms with van der Waals surface area (Å²) >= 11 is 0. The molecule has 0 bridgehead atoms. The molecule has 1 amide bonds. The minimum Gasteiger partial charge on any atom is -0.497 e. The molecule has 5 heteroatoms. The number of para-hydroxylation sites is 1. The van der Waals surface area contributed by atoms with Gasteiger partial charge in [-0.05, 0) is 42.8 Å². The molecule has 3 rings (SSSR count). The third-order valence-electron chi connectivity index (χ3n) is 3.69. The van der Waals surface area contributed by atoms with Crippen LogP contribution in [0.25, 0.3) is 11.3 Å². The molecule has 0 saturated carbocycles. The summed E-state index contributed by atoms with van der Waals surface area (Å²) in [7, 11) is 1.62. The summed E-state index contributed by atoms with van der Waals surface area (Å²) in [6, 6.07) is 16.9. The van der Waals surface area contributed by atoms with Gasteiger partial charge in [0, 0.05) is 17.3 Å². The van der Waals surface area contributed by atoms with Crippen LogP contribution in [-0.4, -0.2) is 18.2 Å². The monoisotopic (exact) mass is 322 g/mol. The Morgan fingerprint density at radius 3 is 2.62 bits per heavy atom. The number of amides is 1. The summed E-state index contributed by atoms with van der Waals surface area (Å²) in [5.74, 6) is 1.27. The third kappa shape index (κ3) is 3.63. The fourth-order valence-electron chi connectivity index (χ4n) is 2.36. The zero-order valence-corrected chi connectivity index (χ0v) is 13.6. The van der Waals surface area contributed by atoms with Gasteiger partial charge < -0.3 is 14.6 Å². The summed E-state index contributed by atoms with van der Waals surface area (Å²) in [5.41, 5.74) is 3.30. The van der Waals surface area contributed by atoms with Gasteiger partial charge in [0.15, 0.2) is 5.76 Å². The topological polar surface area (TPSA) is 64.4 Å². The van der Waals surface area contributed by atoms with Gasteiger partial charge in [0.05, 0.1) is 19.2 Å². The maximum Gasteiger partial charge on any atom is 0.230 e. The van der Waals surface area contributed by atoms with Crippen LogP contribution in [0.3, 0.4) is 0 Å². The predicted molar refractivity (Wildman–Crippen MR) is 92.0 cm³/mol. The number of hydrogen-bond acceptors (Lipinski definition) is 4. The number of aryl methyl sites for hydroxylation is 1. The molecule has 5 nitrogen and oxygen atoms in total. The van der Waals surface area contributed by atoms with Crippen LogP contribution in [0.2, 0.25) is 0 Å². The van der Waals surface area contributed by atoms with Crippen LogP contribution >= 0.6 is 0 Å². The Morgan fingerprint density at radius 1 is 1.17 bits per heavy atom. The highest BCUT2D eigenvalue weighted by Gasteiger charge is 2.11. The van der Waals surface area contributed by atoms with Gasteiger partial charge in [0.1, 0.15) is 5.75 Å². The Hall–Kier alpha value is -3.08. The van der Waals surface area contributed by atoms with E-state index in [0.717, 1.165) is 22.6 Å². The van der Waals surface area contributed by atoms with E-state index in [9.17, 15) is 4.79 Å². The first kappa shape index (κ1) is 15.8. The summed E-state index contributed by atoms with van der Waals surface area (Å²) in [4.78, 5) is 12.2. The molecule has 0 aliphatic heterocycles. The zero-order chi connectivity index (χ0) is 16.9. The molecule has 0 spiro atoms. The molecule has 0 aliphatic carbocycles. The normalized spacial score (nSPS) is 10.4. The molecule has 1 heterocycles. The van der Waals surface area contributed by atoms with Crippen molar-refractivity contribution in [3.63, 3.8) is 0 Å². The molecular formula is C19H18N2O3. The lowest BCUT2D eigenvalue weighted by Crippen LogP contribution is -2.15. The summed E-state index contributed by atoms with van der Waals surface area (Å²) in [6.45, 7) is 1.95. The minimum atomic E-state index is -0.126. The van der Waals surface area contributed by atoms with Gasteiger partial charge in [0.25, 0.3) is 0 Å². The lowest BCUT2D eigenvalue weighted by molar-refractivity contribution is -0.115. The van der Waals surface area contributed by atoms with Crippen molar-refractivity contribution in [2.75, 3.05) is 12.4 Å². The van der Waals surface area contributed by atoms with Gasteiger partial charge in [-0.3, -0.25) is 4.79 Å². The molecule has 0 fully saturated rings. The van der Waals surface area contributed by atoms with E-state index in [4.69, 9.17) is 9.26 Å². The molecule has 2 aromatic carbocycles. The molecule has 0 unspecified atom stereocenters. The Morgan fingerprint density at radius 2 is 1.92 bits per heavy atom. The van der Waals surface area contributed by atoms with Gasteiger partial charge in [-0.25, -0.2) is 0 Å². The first-order valence-corrected chi connectivity index (χ1v) is 7.61. The Kier molecular flexibility index (Phi) is 4.61. The van der Waals surface area contributed by atoms with Crippen molar-refractivity contribution in [2.45, 2.75) is 13.3 Å². The van der Waals surface area contributed by atoms with Gasteiger partial charge in [-0.15, -0.1) is 0 Å². The summed E-state index contributed by atoms with van der Waals surface area (Å²) < 4.78 is 10.5. The van der Waals surface area contributed by atoms with Crippen molar-refractivity contribution in [3.8, 4) is 17.1 Å². The van der Waals surface area contributed by atoms with Crippen LogP contribution in [0.4, 0.5) is 5.69 Å². The fourth-order valence-corrected chi connectivity index (χ4v) is 2.36. The van der Waals surface area contributed by atoms with E-state index in [1.165, 1.54) is 0 Å².